The summed E-state index contributed by atoms with van der Waals surface area (Å²) in [5.74, 6) is 0.812. The highest BCUT2D eigenvalue weighted by Gasteiger charge is 2.24. The van der Waals surface area contributed by atoms with E-state index in [2.05, 4.69) is 6.92 Å². The quantitative estimate of drug-likeness (QED) is 0.907. The number of carbonyl (C=O) groups excluding carboxylic acids is 1. The van der Waals surface area contributed by atoms with Crippen molar-refractivity contribution >= 4 is 5.91 Å². The second-order valence-corrected chi connectivity index (χ2v) is 5.60. The van der Waals surface area contributed by atoms with Gasteiger partial charge in [-0.3, -0.25) is 4.79 Å². The van der Waals surface area contributed by atoms with Gasteiger partial charge in [0.25, 0.3) is 5.91 Å². The molecule has 1 amide bonds. The fourth-order valence-electron chi connectivity index (χ4n) is 2.97. The highest BCUT2D eigenvalue weighted by atomic mass is 16.5. The number of hydrogen-bond acceptors (Lipinski definition) is 3. The predicted octanol–water partition coefficient (Wildman–Crippen LogP) is 2.71. The molecule has 4 nitrogen and oxygen atoms in total. The Hall–Kier alpha value is -1.55. The lowest BCUT2D eigenvalue weighted by Gasteiger charge is -2.29. The molecule has 1 atom stereocenters. The molecule has 116 valence electrons. The Morgan fingerprint density at radius 3 is 2.90 bits per heavy atom. The van der Waals surface area contributed by atoms with Gasteiger partial charge >= 0.3 is 0 Å². The number of para-hydroxylation sites is 1. The number of benzene rings is 1. The maximum absolute atomic E-state index is 12.5. The van der Waals surface area contributed by atoms with Crippen LogP contribution in [-0.4, -0.2) is 30.0 Å². The highest BCUT2D eigenvalue weighted by molar-refractivity contribution is 5.78. The van der Waals surface area contributed by atoms with Gasteiger partial charge in [0.2, 0.25) is 0 Å². The molecule has 1 aliphatic rings. The minimum absolute atomic E-state index is 0.0931. The van der Waals surface area contributed by atoms with E-state index < -0.39 is 0 Å². The van der Waals surface area contributed by atoms with Gasteiger partial charge in [-0.15, -0.1) is 0 Å². The fourth-order valence-corrected chi connectivity index (χ4v) is 2.97. The average Bonchev–Trinajstić information content (AvgIpc) is 2.78. The smallest absolute Gasteiger partial charge is 0.260 e. The third-order valence-corrected chi connectivity index (χ3v) is 4.21. The maximum atomic E-state index is 12.5. The Balaban J connectivity index is 1.96. The number of ether oxygens (including phenoxy) is 1. The molecule has 0 aliphatic carbocycles. The molecule has 2 rings (SSSR count). The second-order valence-electron chi connectivity index (χ2n) is 5.60. The van der Waals surface area contributed by atoms with Gasteiger partial charge in [-0.1, -0.05) is 38.0 Å². The summed E-state index contributed by atoms with van der Waals surface area (Å²) in [6.07, 6.45) is 5.67. The van der Waals surface area contributed by atoms with Crippen molar-refractivity contribution in [2.24, 2.45) is 5.73 Å². The van der Waals surface area contributed by atoms with Crippen LogP contribution in [0.1, 0.15) is 44.6 Å². The van der Waals surface area contributed by atoms with Gasteiger partial charge in [-0.25, -0.2) is 0 Å². The molecule has 0 bridgehead atoms. The lowest BCUT2D eigenvalue weighted by Crippen LogP contribution is -2.42. The van der Waals surface area contributed by atoms with Gasteiger partial charge < -0.3 is 15.4 Å². The number of rotatable bonds is 5. The SMILES string of the molecule is CCC1CCCCCN1C(=O)COc1ccccc1CN. The zero-order valence-corrected chi connectivity index (χ0v) is 12.9. The van der Waals surface area contributed by atoms with Crippen LogP contribution in [0, 0.1) is 0 Å². The summed E-state index contributed by atoms with van der Waals surface area (Å²) in [4.78, 5) is 14.5. The van der Waals surface area contributed by atoms with Crippen LogP contribution < -0.4 is 10.5 Å². The van der Waals surface area contributed by atoms with E-state index in [0.717, 1.165) is 37.1 Å². The van der Waals surface area contributed by atoms with Crippen molar-refractivity contribution in [2.45, 2.75) is 51.6 Å². The zero-order chi connectivity index (χ0) is 15.1. The van der Waals surface area contributed by atoms with Gasteiger partial charge in [0.05, 0.1) is 0 Å². The van der Waals surface area contributed by atoms with E-state index in [-0.39, 0.29) is 12.5 Å². The van der Waals surface area contributed by atoms with Gasteiger partial charge in [0.15, 0.2) is 6.61 Å². The van der Waals surface area contributed by atoms with Gasteiger partial charge in [0.1, 0.15) is 5.75 Å². The van der Waals surface area contributed by atoms with Crippen molar-refractivity contribution in [3.8, 4) is 5.75 Å². The highest BCUT2D eigenvalue weighted by Crippen LogP contribution is 2.21. The third kappa shape index (κ3) is 4.21. The Morgan fingerprint density at radius 2 is 2.14 bits per heavy atom. The Morgan fingerprint density at radius 1 is 1.33 bits per heavy atom. The molecule has 0 spiro atoms. The third-order valence-electron chi connectivity index (χ3n) is 4.21. The van der Waals surface area contributed by atoms with Crippen molar-refractivity contribution < 1.29 is 9.53 Å². The molecule has 4 heteroatoms. The number of amides is 1. The lowest BCUT2D eigenvalue weighted by atomic mass is 10.1. The largest absolute Gasteiger partial charge is 0.483 e. The Kier molecular flexibility index (Phi) is 6.05. The summed E-state index contributed by atoms with van der Waals surface area (Å²) in [6.45, 7) is 3.54. The molecular formula is C17H26N2O2. The van der Waals surface area contributed by atoms with Crippen molar-refractivity contribution in [3.63, 3.8) is 0 Å². The minimum Gasteiger partial charge on any atom is -0.483 e. The molecule has 0 radical (unpaired) electrons. The molecule has 0 saturated carbocycles. The number of carbonyl (C=O) groups is 1. The van der Waals surface area contributed by atoms with Crippen LogP contribution in [0.4, 0.5) is 0 Å². The van der Waals surface area contributed by atoms with Crippen LogP contribution >= 0.6 is 0 Å². The van der Waals surface area contributed by atoms with E-state index in [1.165, 1.54) is 12.8 Å². The summed E-state index contributed by atoms with van der Waals surface area (Å²) in [5, 5.41) is 0. The predicted molar refractivity (Wildman–Crippen MR) is 84.1 cm³/mol. The van der Waals surface area contributed by atoms with Crippen molar-refractivity contribution in [2.75, 3.05) is 13.2 Å². The molecule has 2 N–H and O–H groups in total. The molecule has 1 unspecified atom stereocenters. The number of hydrogen-bond donors (Lipinski definition) is 1. The van der Waals surface area contributed by atoms with Crippen LogP contribution in [0.5, 0.6) is 5.75 Å². The van der Waals surface area contributed by atoms with Gasteiger partial charge in [-0.2, -0.15) is 0 Å². The topological polar surface area (TPSA) is 55.6 Å². The number of likely N-dealkylation sites (tertiary alicyclic amines) is 1. The molecule has 1 aliphatic heterocycles. The summed E-state index contributed by atoms with van der Waals surface area (Å²) < 4.78 is 5.71. The normalized spacial score (nSPS) is 19.1. The lowest BCUT2D eigenvalue weighted by molar-refractivity contribution is -0.135. The summed E-state index contributed by atoms with van der Waals surface area (Å²) >= 11 is 0. The van der Waals surface area contributed by atoms with Gasteiger partial charge in [-0.05, 0) is 25.3 Å². The van der Waals surface area contributed by atoms with Crippen molar-refractivity contribution in [1.29, 1.82) is 0 Å². The Labute approximate surface area is 127 Å². The molecule has 21 heavy (non-hydrogen) atoms. The summed E-state index contributed by atoms with van der Waals surface area (Å²) in [5.41, 5.74) is 6.63. The molecule has 1 heterocycles. The maximum Gasteiger partial charge on any atom is 0.260 e. The molecule has 0 aromatic heterocycles. The van der Waals surface area contributed by atoms with E-state index in [0.29, 0.717) is 12.6 Å². The van der Waals surface area contributed by atoms with Crippen LogP contribution in [0.3, 0.4) is 0 Å². The van der Waals surface area contributed by atoms with Crippen LogP contribution in [0.25, 0.3) is 0 Å². The standard InChI is InChI=1S/C17H26N2O2/c1-2-15-9-4-3-7-11-19(15)17(20)13-21-16-10-6-5-8-14(16)12-18/h5-6,8,10,15H,2-4,7,9,11-13,18H2,1H3. The number of nitrogens with zero attached hydrogens (tertiary/aromatic N) is 1. The van der Waals surface area contributed by atoms with E-state index >= 15 is 0 Å². The molecule has 1 aromatic rings. The molecule has 1 aromatic carbocycles. The fraction of sp³-hybridized carbons (Fsp3) is 0.588. The summed E-state index contributed by atoms with van der Waals surface area (Å²) in [6, 6.07) is 8.00. The average molecular weight is 290 g/mol. The van der Waals surface area contributed by atoms with Crippen LogP contribution in [0.2, 0.25) is 0 Å². The molecule has 1 saturated heterocycles. The minimum atomic E-state index is 0.0931. The van der Waals surface area contributed by atoms with Crippen LogP contribution in [0.15, 0.2) is 24.3 Å². The van der Waals surface area contributed by atoms with E-state index in [1.807, 2.05) is 29.2 Å². The first kappa shape index (κ1) is 15.8. The van der Waals surface area contributed by atoms with Crippen LogP contribution in [-0.2, 0) is 11.3 Å². The van der Waals surface area contributed by atoms with E-state index in [4.69, 9.17) is 10.5 Å². The van der Waals surface area contributed by atoms with E-state index in [9.17, 15) is 4.79 Å². The summed E-state index contributed by atoms with van der Waals surface area (Å²) in [7, 11) is 0. The number of nitrogens with two attached hydrogens (primary N) is 1. The van der Waals surface area contributed by atoms with E-state index in [1.54, 1.807) is 0 Å². The first-order valence-electron chi connectivity index (χ1n) is 7.96. The first-order valence-corrected chi connectivity index (χ1v) is 7.96. The Bertz CT molecular complexity index is 462. The van der Waals surface area contributed by atoms with Crippen molar-refractivity contribution in [1.82, 2.24) is 4.90 Å². The molecule has 1 fully saturated rings. The monoisotopic (exact) mass is 290 g/mol. The zero-order valence-electron chi connectivity index (χ0n) is 12.9. The first-order chi connectivity index (χ1) is 10.3. The second kappa shape index (κ2) is 8.03. The van der Waals surface area contributed by atoms with Gasteiger partial charge in [0, 0.05) is 24.7 Å². The molecular weight excluding hydrogens is 264 g/mol. The van der Waals surface area contributed by atoms with Crippen molar-refractivity contribution in [3.05, 3.63) is 29.8 Å².